The summed E-state index contributed by atoms with van der Waals surface area (Å²) in [5.74, 6) is 0.862. The van der Waals surface area contributed by atoms with Crippen LogP contribution in [0.2, 0.25) is 0 Å². The summed E-state index contributed by atoms with van der Waals surface area (Å²) in [5.41, 5.74) is 0.498. The molecule has 1 aromatic carbocycles. The fourth-order valence-electron chi connectivity index (χ4n) is 3.40. The number of benzene rings is 1. The minimum Gasteiger partial charge on any atom is -0.497 e. The van der Waals surface area contributed by atoms with Crippen LogP contribution >= 0.6 is 0 Å². The fraction of sp³-hybridized carbons (Fsp3) is 0.609. The van der Waals surface area contributed by atoms with Crippen LogP contribution in [0.3, 0.4) is 0 Å². The predicted molar refractivity (Wildman–Crippen MR) is 118 cm³/mol. The predicted octanol–water partition coefficient (Wildman–Crippen LogP) is 2.60. The van der Waals surface area contributed by atoms with Gasteiger partial charge in [0.25, 0.3) is 0 Å². The molecule has 0 saturated carbocycles. The molecule has 1 heterocycles. The molecule has 1 N–H and O–H groups in total. The van der Waals surface area contributed by atoms with Gasteiger partial charge in [-0.05, 0) is 51.3 Å². The maximum atomic E-state index is 12.6. The molecule has 0 unspecified atom stereocenters. The van der Waals surface area contributed by atoms with Crippen LogP contribution in [0.15, 0.2) is 24.3 Å². The Hall–Kier alpha value is -2.77. The van der Waals surface area contributed by atoms with E-state index in [0.29, 0.717) is 39.0 Å². The number of hydrogen-bond donors (Lipinski definition) is 1. The van der Waals surface area contributed by atoms with Crippen LogP contribution in [0, 0.1) is 0 Å². The quantitative estimate of drug-likeness (QED) is 0.714. The van der Waals surface area contributed by atoms with Crippen LogP contribution in [0.5, 0.6) is 5.75 Å². The number of carbonyl (C=O) groups excluding carboxylic acids is 3. The van der Waals surface area contributed by atoms with E-state index < -0.39 is 11.7 Å². The summed E-state index contributed by atoms with van der Waals surface area (Å²) in [6.45, 7) is 7.91. The van der Waals surface area contributed by atoms with Crippen molar-refractivity contribution in [3.05, 3.63) is 29.8 Å². The number of rotatable bonds is 7. The number of carbonyl (C=O) groups is 3. The standard InChI is InChI=1S/C23H35N3O5/c1-23(2,3)31-22(29)24-12-11-21(28)26-14-6-13-25(15-16-26)20(27)10-9-18-7-5-8-19(17-18)30-4/h5,7-8,17H,6,9-16H2,1-4H3,(H,24,29). The van der Waals surface area contributed by atoms with Crippen LogP contribution in [0.4, 0.5) is 4.79 Å². The van der Waals surface area contributed by atoms with Gasteiger partial charge >= 0.3 is 6.09 Å². The van der Waals surface area contributed by atoms with E-state index in [1.165, 1.54) is 0 Å². The summed E-state index contributed by atoms with van der Waals surface area (Å²) in [6.07, 6.45) is 1.52. The molecule has 1 fully saturated rings. The van der Waals surface area contributed by atoms with Gasteiger partial charge in [0, 0.05) is 45.6 Å². The Balaban J connectivity index is 1.73. The Morgan fingerprint density at radius 1 is 1.00 bits per heavy atom. The van der Waals surface area contributed by atoms with Crippen LogP contribution < -0.4 is 10.1 Å². The van der Waals surface area contributed by atoms with Crippen molar-refractivity contribution in [2.75, 3.05) is 39.8 Å². The van der Waals surface area contributed by atoms with Crippen LogP contribution in [0.1, 0.15) is 45.6 Å². The van der Waals surface area contributed by atoms with Crippen molar-refractivity contribution in [2.24, 2.45) is 0 Å². The van der Waals surface area contributed by atoms with Crippen LogP contribution in [0.25, 0.3) is 0 Å². The molecule has 8 heteroatoms. The Labute approximate surface area is 184 Å². The van der Waals surface area contributed by atoms with Crippen molar-refractivity contribution < 1.29 is 23.9 Å². The zero-order valence-electron chi connectivity index (χ0n) is 19.1. The fourth-order valence-corrected chi connectivity index (χ4v) is 3.40. The number of methoxy groups -OCH3 is 1. The molecule has 172 valence electrons. The minimum absolute atomic E-state index is 0.0262. The molecule has 1 saturated heterocycles. The lowest BCUT2D eigenvalue weighted by molar-refractivity contribution is -0.133. The van der Waals surface area contributed by atoms with E-state index >= 15 is 0 Å². The maximum absolute atomic E-state index is 12.6. The first-order valence-electron chi connectivity index (χ1n) is 10.8. The number of hydrogen-bond acceptors (Lipinski definition) is 5. The van der Waals surface area contributed by atoms with E-state index in [1.807, 2.05) is 29.2 Å². The average Bonchev–Trinajstić information content (AvgIpc) is 2.97. The number of aryl methyl sites for hydroxylation is 1. The largest absolute Gasteiger partial charge is 0.497 e. The zero-order chi connectivity index (χ0) is 22.9. The minimum atomic E-state index is -0.568. The SMILES string of the molecule is COc1cccc(CCC(=O)N2CCCN(C(=O)CCNC(=O)OC(C)(C)C)CC2)c1. The molecular formula is C23H35N3O5. The molecule has 1 aliphatic heterocycles. The highest BCUT2D eigenvalue weighted by Gasteiger charge is 2.22. The zero-order valence-corrected chi connectivity index (χ0v) is 19.1. The lowest BCUT2D eigenvalue weighted by Crippen LogP contribution is -2.39. The maximum Gasteiger partial charge on any atom is 0.407 e. The second-order valence-electron chi connectivity index (χ2n) is 8.65. The summed E-state index contributed by atoms with van der Waals surface area (Å²) in [5, 5.41) is 2.61. The van der Waals surface area contributed by atoms with E-state index in [-0.39, 0.29) is 24.8 Å². The van der Waals surface area contributed by atoms with E-state index in [4.69, 9.17) is 9.47 Å². The van der Waals surface area contributed by atoms with Gasteiger partial charge in [0.15, 0.2) is 0 Å². The molecular weight excluding hydrogens is 398 g/mol. The van der Waals surface area contributed by atoms with Crippen molar-refractivity contribution in [1.29, 1.82) is 0 Å². The number of nitrogens with zero attached hydrogens (tertiary/aromatic N) is 2. The van der Waals surface area contributed by atoms with Crippen LogP contribution in [-0.4, -0.2) is 73.1 Å². The number of alkyl carbamates (subject to hydrolysis) is 1. The van der Waals surface area contributed by atoms with Crippen molar-refractivity contribution in [2.45, 2.75) is 52.1 Å². The van der Waals surface area contributed by atoms with Gasteiger partial charge in [-0.1, -0.05) is 12.1 Å². The number of amides is 3. The van der Waals surface area contributed by atoms with Gasteiger partial charge in [-0.3, -0.25) is 9.59 Å². The highest BCUT2D eigenvalue weighted by atomic mass is 16.6. The highest BCUT2D eigenvalue weighted by molar-refractivity contribution is 5.78. The summed E-state index contributed by atoms with van der Waals surface area (Å²) in [4.78, 5) is 40.4. The third-order valence-corrected chi connectivity index (χ3v) is 4.97. The summed E-state index contributed by atoms with van der Waals surface area (Å²) < 4.78 is 10.4. The van der Waals surface area contributed by atoms with E-state index in [0.717, 1.165) is 17.7 Å². The lowest BCUT2D eigenvalue weighted by atomic mass is 10.1. The molecule has 1 aromatic rings. The van der Waals surface area contributed by atoms with Crippen molar-refractivity contribution >= 4 is 17.9 Å². The monoisotopic (exact) mass is 433 g/mol. The molecule has 0 spiro atoms. The lowest BCUT2D eigenvalue weighted by Gasteiger charge is -2.23. The molecule has 0 aromatic heterocycles. The molecule has 0 bridgehead atoms. The van der Waals surface area contributed by atoms with Crippen LogP contribution in [-0.2, 0) is 20.7 Å². The van der Waals surface area contributed by atoms with Crippen molar-refractivity contribution in [3.8, 4) is 5.75 Å². The summed E-state index contributed by atoms with van der Waals surface area (Å²) in [6, 6.07) is 7.74. The first-order valence-corrected chi connectivity index (χ1v) is 10.8. The topological polar surface area (TPSA) is 88.2 Å². The first-order chi connectivity index (χ1) is 14.7. The Kier molecular flexibility index (Phi) is 9.15. The van der Waals surface area contributed by atoms with E-state index in [9.17, 15) is 14.4 Å². The van der Waals surface area contributed by atoms with Gasteiger partial charge in [0.1, 0.15) is 11.4 Å². The molecule has 8 nitrogen and oxygen atoms in total. The van der Waals surface area contributed by atoms with Gasteiger partial charge < -0.3 is 24.6 Å². The number of ether oxygens (including phenoxy) is 2. The number of nitrogens with one attached hydrogen (secondary N) is 1. The molecule has 31 heavy (non-hydrogen) atoms. The first kappa shape index (κ1) is 24.5. The molecule has 3 amide bonds. The van der Waals surface area contributed by atoms with Crippen molar-refractivity contribution in [3.63, 3.8) is 0 Å². The van der Waals surface area contributed by atoms with Gasteiger partial charge in [0.2, 0.25) is 11.8 Å². The summed E-state index contributed by atoms with van der Waals surface area (Å²) in [7, 11) is 1.63. The van der Waals surface area contributed by atoms with Gasteiger partial charge in [-0.15, -0.1) is 0 Å². The molecule has 0 radical (unpaired) electrons. The summed E-state index contributed by atoms with van der Waals surface area (Å²) >= 11 is 0. The molecule has 0 atom stereocenters. The van der Waals surface area contributed by atoms with Crippen molar-refractivity contribution in [1.82, 2.24) is 15.1 Å². The Morgan fingerprint density at radius 2 is 1.65 bits per heavy atom. The second-order valence-corrected chi connectivity index (χ2v) is 8.65. The van der Waals surface area contributed by atoms with Gasteiger partial charge in [0.05, 0.1) is 7.11 Å². The second kappa shape index (κ2) is 11.6. The average molecular weight is 434 g/mol. The van der Waals surface area contributed by atoms with Gasteiger partial charge in [-0.2, -0.15) is 0 Å². The Bertz CT molecular complexity index is 760. The molecule has 1 aliphatic rings. The third kappa shape index (κ3) is 8.86. The molecule has 2 rings (SSSR count). The van der Waals surface area contributed by atoms with E-state index in [2.05, 4.69) is 5.32 Å². The molecule has 0 aliphatic carbocycles. The van der Waals surface area contributed by atoms with Gasteiger partial charge in [-0.25, -0.2) is 4.79 Å². The normalized spacial score (nSPS) is 14.6. The Morgan fingerprint density at radius 3 is 2.26 bits per heavy atom. The third-order valence-electron chi connectivity index (χ3n) is 4.97. The smallest absolute Gasteiger partial charge is 0.407 e. The highest BCUT2D eigenvalue weighted by Crippen LogP contribution is 2.15. The van der Waals surface area contributed by atoms with E-state index in [1.54, 1.807) is 32.8 Å².